The van der Waals surface area contributed by atoms with Gasteiger partial charge in [-0.2, -0.15) is 9.97 Å². The zero-order valence-electron chi connectivity index (χ0n) is 52.5. The Labute approximate surface area is 567 Å². The van der Waals surface area contributed by atoms with Crippen molar-refractivity contribution in [3.8, 4) is 0 Å². The number of aryl methyl sites for hydroxylation is 2. The summed E-state index contributed by atoms with van der Waals surface area (Å²) in [5.41, 5.74) is 12.2. The number of aromatic amines is 3. The number of hydrogen-bond donors (Lipinski definition) is 12. The normalized spacial score (nSPS) is 29.3. The third-order valence-corrected chi connectivity index (χ3v) is 20.9. The number of phosphoric acid groups is 4. The number of nitrogens with zero attached hydrogens (tertiary/aromatic N) is 11. The number of imidazole rings is 2. The lowest BCUT2D eigenvalue weighted by atomic mass is 10.2. The Bertz CT molecular complexity index is 4910. The van der Waals surface area contributed by atoms with E-state index in [9.17, 15) is 81.2 Å². The summed E-state index contributed by atoms with van der Waals surface area (Å²) in [6.45, 7) is -2.03. The fraction of sp³-hybridized carbons (Fsp3) is 0.551. The number of fused-ring (bicyclic) bond motifs is 2. The largest absolute Gasteiger partial charge is 0.694 e. The fourth-order valence-corrected chi connectivity index (χ4v) is 15.8. The summed E-state index contributed by atoms with van der Waals surface area (Å²) in [6, 6.07) is 1.22. The van der Waals surface area contributed by atoms with Crippen molar-refractivity contribution in [1.82, 2.24) is 67.7 Å². The molecule has 102 heavy (non-hydrogen) atoms. The van der Waals surface area contributed by atoms with Crippen LogP contribution in [-0.2, 0) is 87.2 Å². The smallest absolute Gasteiger partial charge is 0.390 e. The molecule has 0 aromatic carbocycles. The Morgan fingerprint density at radius 1 is 0.529 bits per heavy atom. The summed E-state index contributed by atoms with van der Waals surface area (Å²) in [5, 5.41) is 10.9. The van der Waals surface area contributed by atoms with Gasteiger partial charge in [-0.3, -0.25) is 88.4 Å². The second-order valence-electron chi connectivity index (χ2n) is 23.4. The average Bonchev–Trinajstić information content (AvgIpc) is 1.63. The molecule has 5 fully saturated rings. The number of ether oxygens (including phenoxy) is 5. The SMILES string of the molecule is Cc1cn([C@H]2C[C@H](OP(=O)(O)OC[C@H]3O[C@@H](n4cnc5c(=O)[nH]c(N)nc54)C[C@@H]3OP(=O)(O)OC[C@H]3O[C@@H](n4cc(C)c(=O)[nH]c4=O)C[C@@H]3OP(=O)(O)OC[C@H]3O[C@@H](n4ccc(N)nc4=O)C[C@@H]3OP(=O)(O)OC[C@H]3O[C@@H](n4cnc5c(N)ncnc54)C[C@@H]3O)[C@@H](CO[P+](=O)O)O2)c(=O)[nH]c1=O. The molecule has 0 saturated carbocycles. The number of phosphoric ester groups is 4. The van der Waals surface area contributed by atoms with Crippen LogP contribution in [0.15, 0.2) is 72.4 Å². The van der Waals surface area contributed by atoms with Gasteiger partial charge in [-0.25, -0.2) is 52.6 Å². The van der Waals surface area contributed by atoms with Gasteiger partial charge < -0.3 is 65.6 Å². The van der Waals surface area contributed by atoms with Gasteiger partial charge in [0.05, 0.1) is 45.2 Å². The molecule has 0 bridgehead atoms. The van der Waals surface area contributed by atoms with E-state index in [1.54, 1.807) is 0 Å². The molecule has 5 unspecified atom stereocenters. The molecule has 5 aliphatic rings. The van der Waals surface area contributed by atoms with E-state index in [0.717, 1.165) is 37.0 Å². The molecule has 554 valence electrons. The van der Waals surface area contributed by atoms with Crippen LogP contribution in [0.1, 0.15) is 74.4 Å². The Hall–Kier alpha value is -7.24. The molecule has 53 heteroatoms. The van der Waals surface area contributed by atoms with E-state index < -0.39 is 224 Å². The van der Waals surface area contributed by atoms with Gasteiger partial charge in [0.1, 0.15) is 110 Å². The summed E-state index contributed by atoms with van der Waals surface area (Å²) in [5.74, 6) is -0.492. The van der Waals surface area contributed by atoms with E-state index in [4.69, 9.17) is 81.6 Å². The first-order chi connectivity index (χ1) is 48.1. The maximum absolute atomic E-state index is 14.2. The van der Waals surface area contributed by atoms with Crippen LogP contribution in [0.3, 0.4) is 0 Å². The number of nitrogens with two attached hydrogens (primary N) is 3. The number of nitrogen functional groups attached to an aromatic ring is 3. The maximum Gasteiger partial charge on any atom is 0.694 e. The van der Waals surface area contributed by atoms with Gasteiger partial charge in [-0.1, -0.05) is 0 Å². The molecule has 15 N–H and O–H groups in total. The van der Waals surface area contributed by atoms with Gasteiger partial charge in [0, 0.05) is 66.4 Å². The molecule has 20 atom stereocenters. The molecule has 5 saturated heterocycles. The van der Waals surface area contributed by atoms with Gasteiger partial charge in [-0.15, -0.1) is 9.42 Å². The summed E-state index contributed by atoms with van der Waals surface area (Å²) in [6.07, 6.45) is -17.4. The van der Waals surface area contributed by atoms with E-state index in [0.29, 0.717) is 0 Å². The molecule has 0 radical (unpaired) electrons. The van der Waals surface area contributed by atoms with Gasteiger partial charge >= 0.3 is 56.6 Å². The number of H-pyrrole nitrogens is 3. The number of hydrogen-bond acceptors (Lipinski definition) is 35. The van der Waals surface area contributed by atoms with Crippen LogP contribution in [0.4, 0.5) is 17.6 Å². The van der Waals surface area contributed by atoms with E-state index in [1.165, 1.54) is 43.3 Å². The van der Waals surface area contributed by atoms with Crippen molar-refractivity contribution in [3.63, 3.8) is 0 Å². The second-order valence-corrected chi connectivity index (χ2v) is 29.8. The van der Waals surface area contributed by atoms with Crippen molar-refractivity contribution in [3.05, 3.63) is 117 Å². The van der Waals surface area contributed by atoms with Crippen molar-refractivity contribution in [1.29, 1.82) is 0 Å². The van der Waals surface area contributed by atoms with Gasteiger partial charge in [0.2, 0.25) is 5.95 Å². The predicted octanol–water partition coefficient (Wildman–Crippen LogP) is -1.85. The van der Waals surface area contributed by atoms with E-state index in [2.05, 4.69) is 44.9 Å². The van der Waals surface area contributed by atoms with Crippen LogP contribution in [0.5, 0.6) is 0 Å². The third-order valence-electron chi connectivity index (χ3n) is 16.5. The van der Waals surface area contributed by atoms with Gasteiger partial charge in [0.15, 0.2) is 22.6 Å². The molecule has 0 aliphatic carbocycles. The lowest BCUT2D eigenvalue weighted by Crippen LogP contribution is -2.33. The van der Waals surface area contributed by atoms with Gasteiger partial charge in [-0.05, 0) is 19.9 Å². The summed E-state index contributed by atoms with van der Waals surface area (Å²) in [7, 11) is -25.1. The third kappa shape index (κ3) is 16.9. The quantitative estimate of drug-likeness (QED) is 0.0240. The molecule has 7 aromatic heterocycles. The first-order valence-corrected chi connectivity index (χ1v) is 37.3. The first-order valence-electron chi connectivity index (χ1n) is 30.2. The fourth-order valence-electron chi connectivity index (χ4n) is 11.7. The number of nitrogens with one attached hydrogen (secondary N) is 3. The molecular formula is C49H63N17O31P5+. The van der Waals surface area contributed by atoms with Crippen molar-refractivity contribution in [2.45, 2.75) is 138 Å². The maximum atomic E-state index is 14.2. The molecule has 12 heterocycles. The topological polar surface area (TPSA) is 666 Å². The van der Waals surface area contributed by atoms with E-state index >= 15 is 0 Å². The van der Waals surface area contributed by atoms with E-state index in [-0.39, 0.29) is 57.5 Å². The van der Waals surface area contributed by atoms with Crippen LogP contribution in [0, 0.1) is 13.8 Å². The van der Waals surface area contributed by atoms with Crippen molar-refractivity contribution >= 4 is 79.5 Å². The van der Waals surface area contributed by atoms with Crippen LogP contribution in [0.25, 0.3) is 22.3 Å². The number of anilines is 3. The molecule has 48 nitrogen and oxygen atoms in total. The minimum Gasteiger partial charge on any atom is -0.390 e. The molecular weight excluding hydrogens is 1480 g/mol. The Kier molecular flexibility index (Phi) is 21.7. The minimum absolute atomic E-state index is 0.0247. The van der Waals surface area contributed by atoms with Crippen LogP contribution < -0.4 is 50.9 Å². The number of rotatable bonds is 28. The van der Waals surface area contributed by atoms with Crippen LogP contribution >= 0.6 is 39.5 Å². The van der Waals surface area contributed by atoms with E-state index in [1.807, 2.05) is 0 Å². The van der Waals surface area contributed by atoms with Crippen LogP contribution in [-0.4, -0.2) is 191 Å². The standard InChI is InChI=1S/C49H62N17O31P5/c1-20-10-63(48(72)60-43(20)68)35-7-23(28(90-35)12-84-98(74)75)94-100(78,79)88-16-31-26(9-37(93-31)66-19-56-39-42(66)58-46(52)59-45(39)70)97-102(82,83)87-15-30-25(8-36(92-30)64-11-21(2)44(69)61-49(64)73)96-101(80,81)86-14-29-24(6-34(91-29)62-4-3-32(50)57-47(62)71)95-99(76,77)85-13-27-22(67)5-33(89-27)65-18-55-38-40(51)53-17-54-41(38)65/h3-4,10-11,17-19,22-31,33-37,67H,5-9,12-16H2,1-2H3,(H13-,50,51,52,53,54,57,58,59,60,61,68,69,70,71,72,73,74,75,76,77,78,79,80,81,82,83)/p+1/t22-,23-,24-,25-,26-,27+,28+,29+,30+,31+,33+,34+,35+,36+,37+/m0/s1. The first kappa shape index (κ1) is 74.5. The minimum atomic E-state index is -5.58. The Morgan fingerprint density at radius 3 is 1.41 bits per heavy atom. The number of aliphatic hydroxyl groups excluding tert-OH is 1. The predicted molar refractivity (Wildman–Crippen MR) is 334 cm³/mol. The lowest BCUT2D eigenvalue weighted by Gasteiger charge is -2.25. The highest BCUT2D eigenvalue weighted by atomic mass is 31.2. The van der Waals surface area contributed by atoms with Gasteiger partial charge in [0.25, 0.3) is 16.7 Å². The monoisotopic (exact) mass is 1540 g/mol. The molecule has 5 aliphatic heterocycles. The highest BCUT2D eigenvalue weighted by Gasteiger charge is 2.50. The summed E-state index contributed by atoms with van der Waals surface area (Å²) < 4.78 is 151. The molecule has 12 rings (SSSR count). The molecule has 0 spiro atoms. The zero-order chi connectivity index (χ0) is 73.1. The number of aromatic nitrogens is 14. The highest BCUT2D eigenvalue weighted by molar-refractivity contribution is 7.48. The molecule has 0 amide bonds. The summed E-state index contributed by atoms with van der Waals surface area (Å²) >= 11 is 0. The summed E-state index contributed by atoms with van der Waals surface area (Å²) in [4.78, 5) is 161. The number of aliphatic hydroxyl groups is 1. The Balaban J connectivity index is 0.740. The Morgan fingerprint density at radius 2 is 0.941 bits per heavy atom. The second kappa shape index (κ2) is 29.7. The van der Waals surface area contributed by atoms with Crippen molar-refractivity contribution in [2.75, 3.05) is 50.2 Å². The lowest BCUT2D eigenvalue weighted by molar-refractivity contribution is -0.0642. The van der Waals surface area contributed by atoms with Crippen molar-refractivity contribution < 1.29 is 117 Å². The average molecular weight is 1540 g/mol. The zero-order valence-corrected chi connectivity index (χ0v) is 57.0. The van der Waals surface area contributed by atoms with Crippen molar-refractivity contribution in [2.24, 2.45) is 0 Å². The molecule has 7 aromatic rings. The highest BCUT2D eigenvalue weighted by Crippen LogP contribution is 2.55. The van der Waals surface area contributed by atoms with Crippen LogP contribution in [0.2, 0.25) is 0 Å².